The number of hydrogen-bond donors (Lipinski definition) is 0. The number of amides is 2. The second kappa shape index (κ2) is 4.35. The summed E-state index contributed by atoms with van der Waals surface area (Å²) in [5, 5.41) is 0. The zero-order valence-electron chi connectivity index (χ0n) is 8.70. The SMILES string of the molecule is Cc1ccc(N2C(=O)COCC2=O)cc1Br. The van der Waals surface area contributed by atoms with Gasteiger partial charge >= 0.3 is 0 Å². The summed E-state index contributed by atoms with van der Waals surface area (Å²) >= 11 is 3.37. The number of imide groups is 1. The molecule has 1 aliphatic rings. The number of aryl methyl sites for hydroxylation is 1. The molecule has 16 heavy (non-hydrogen) atoms. The summed E-state index contributed by atoms with van der Waals surface area (Å²) in [6.45, 7) is 1.85. The Hall–Kier alpha value is -1.20. The highest BCUT2D eigenvalue weighted by molar-refractivity contribution is 9.10. The molecule has 0 saturated carbocycles. The lowest BCUT2D eigenvalue weighted by Gasteiger charge is -2.25. The van der Waals surface area contributed by atoms with E-state index in [9.17, 15) is 9.59 Å². The molecule has 2 rings (SSSR count). The molecule has 1 heterocycles. The van der Waals surface area contributed by atoms with Gasteiger partial charge in [0.25, 0.3) is 11.8 Å². The minimum absolute atomic E-state index is 0.0444. The third kappa shape index (κ3) is 2.01. The molecule has 4 nitrogen and oxygen atoms in total. The lowest BCUT2D eigenvalue weighted by molar-refractivity contribution is -0.138. The van der Waals surface area contributed by atoms with E-state index in [1.54, 1.807) is 12.1 Å². The van der Waals surface area contributed by atoms with Crippen molar-refractivity contribution in [3.05, 3.63) is 28.2 Å². The molecule has 5 heteroatoms. The molecule has 1 fully saturated rings. The van der Waals surface area contributed by atoms with Crippen molar-refractivity contribution in [3.63, 3.8) is 0 Å². The standard InChI is InChI=1S/C11H10BrNO3/c1-7-2-3-8(4-9(7)12)13-10(14)5-16-6-11(13)15/h2-4H,5-6H2,1H3. The van der Waals surface area contributed by atoms with Crippen molar-refractivity contribution < 1.29 is 14.3 Å². The Morgan fingerprint density at radius 2 is 1.88 bits per heavy atom. The van der Waals surface area contributed by atoms with Gasteiger partial charge in [0.1, 0.15) is 13.2 Å². The zero-order chi connectivity index (χ0) is 11.7. The van der Waals surface area contributed by atoms with Crippen LogP contribution in [0.3, 0.4) is 0 Å². The fraction of sp³-hybridized carbons (Fsp3) is 0.273. The van der Waals surface area contributed by atoms with Crippen molar-refractivity contribution in [2.45, 2.75) is 6.92 Å². The Bertz CT molecular complexity index is 443. The molecule has 0 unspecified atom stereocenters. The molecule has 2 amide bonds. The highest BCUT2D eigenvalue weighted by Crippen LogP contribution is 2.24. The summed E-state index contributed by atoms with van der Waals surface area (Å²) in [6, 6.07) is 5.37. The van der Waals surface area contributed by atoms with E-state index >= 15 is 0 Å². The molecule has 0 spiro atoms. The number of carbonyl (C=O) groups is 2. The Morgan fingerprint density at radius 3 is 2.44 bits per heavy atom. The van der Waals surface area contributed by atoms with Crippen LogP contribution in [0.15, 0.2) is 22.7 Å². The molecule has 1 aliphatic heterocycles. The predicted molar refractivity (Wildman–Crippen MR) is 62.2 cm³/mol. The van der Waals surface area contributed by atoms with Crippen LogP contribution in [0, 0.1) is 6.92 Å². The van der Waals surface area contributed by atoms with E-state index in [0.29, 0.717) is 5.69 Å². The van der Waals surface area contributed by atoms with Gasteiger partial charge in [0, 0.05) is 4.47 Å². The van der Waals surface area contributed by atoms with Crippen LogP contribution < -0.4 is 4.90 Å². The lowest BCUT2D eigenvalue weighted by atomic mass is 10.2. The van der Waals surface area contributed by atoms with Crippen LogP contribution in [0.2, 0.25) is 0 Å². The second-order valence-corrected chi connectivity index (χ2v) is 4.40. The topological polar surface area (TPSA) is 46.6 Å². The number of benzene rings is 1. The van der Waals surface area contributed by atoms with E-state index in [1.807, 2.05) is 13.0 Å². The molecule has 0 aliphatic carbocycles. The van der Waals surface area contributed by atoms with Crippen LogP contribution in [0.4, 0.5) is 5.69 Å². The number of hydrogen-bond acceptors (Lipinski definition) is 3. The molecule has 1 saturated heterocycles. The van der Waals surface area contributed by atoms with Crippen LogP contribution in [0.25, 0.3) is 0 Å². The van der Waals surface area contributed by atoms with Crippen LogP contribution in [-0.2, 0) is 14.3 Å². The fourth-order valence-electron chi connectivity index (χ4n) is 1.50. The highest BCUT2D eigenvalue weighted by Gasteiger charge is 2.28. The van der Waals surface area contributed by atoms with Gasteiger partial charge in [-0.2, -0.15) is 0 Å². The maximum absolute atomic E-state index is 11.6. The number of nitrogens with zero attached hydrogens (tertiary/aromatic N) is 1. The second-order valence-electron chi connectivity index (χ2n) is 3.55. The molecule has 0 aromatic heterocycles. The molecule has 0 bridgehead atoms. The smallest absolute Gasteiger partial charge is 0.259 e. The molecule has 1 aromatic rings. The molecule has 0 radical (unpaired) electrons. The van der Waals surface area contributed by atoms with Gasteiger partial charge in [-0.1, -0.05) is 22.0 Å². The van der Waals surface area contributed by atoms with Crippen LogP contribution >= 0.6 is 15.9 Å². The quantitative estimate of drug-likeness (QED) is 0.737. The number of morpholine rings is 1. The Morgan fingerprint density at radius 1 is 1.25 bits per heavy atom. The molecule has 0 atom stereocenters. The molecule has 1 aromatic carbocycles. The molecular weight excluding hydrogens is 274 g/mol. The first-order valence-corrected chi connectivity index (χ1v) is 5.58. The van der Waals surface area contributed by atoms with Gasteiger partial charge in [0.15, 0.2) is 0 Å². The van der Waals surface area contributed by atoms with Crippen LogP contribution in [-0.4, -0.2) is 25.0 Å². The highest BCUT2D eigenvalue weighted by atomic mass is 79.9. The average Bonchev–Trinajstić information content (AvgIpc) is 2.23. The number of anilines is 1. The van der Waals surface area contributed by atoms with Gasteiger partial charge < -0.3 is 4.74 Å². The van der Waals surface area contributed by atoms with Gasteiger partial charge in [-0.05, 0) is 24.6 Å². The first-order valence-electron chi connectivity index (χ1n) is 4.79. The third-order valence-electron chi connectivity index (χ3n) is 2.36. The molecular formula is C11H10BrNO3. The van der Waals surface area contributed by atoms with Gasteiger partial charge in [0.2, 0.25) is 0 Å². The monoisotopic (exact) mass is 283 g/mol. The maximum atomic E-state index is 11.6. The van der Waals surface area contributed by atoms with Crippen molar-refractivity contribution in [1.29, 1.82) is 0 Å². The summed E-state index contributed by atoms with van der Waals surface area (Å²) in [6.07, 6.45) is 0. The predicted octanol–water partition coefficient (Wildman–Crippen LogP) is 1.65. The van der Waals surface area contributed by atoms with Crippen molar-refractivity contribution in [2.75, 3.05) is 18.1 Å². The van der Waals surface area contributed by atoms with Crippen LogP contribution in [0.1, 0.15) is 5.56 Å². The molecule has 84 valence electrons. The van der Waals surface area contributed by atoms with Crippen molar-refractivity contribution in [2.24, 2.45) is 0 Å². The Labute approximate surface area is 101 Å². The summed E-state index contributed by atoms with van der Waals surface area (Å²) in [4.78, 5) is 24.3. The van der Waals surface area contributed by atoms with Crippen LogP contribution in [0.5, 0.6) is 0 Å². The van der Waals surface area contributed by atoms with E-state index in [2.05, 4.69) is 15.9 Å². The van der Waals surface area contributed by atoms with E-state index < -0.39 is 0 Å². The van der Waals surface area contributed by atoms with Crippen molar-refractivity contribution in [1.82, 2.24) is 0 Å². The van der Waals surface area contributed by atoms with Gasteiger partial charge in [0.05, 0.1) is 5.69 Å². The third-order valence-corrected chi connectivity index (χ3v) is 3.22. The van der Waals surface area contributed by atoms with Gasteiger partial charge in [-0.25, -0.2) is 4.90 Å². The zero-order valence-corrected chi connectivity index (χ0v) is 10.3. The first-order chi connectivity index (χ1) is 7.59. The first kappa shape index (κ1) is 11.3. The minimum atomic E-state index is -0.327. The van der Waals surface area contributed by atoms with Crippen molar-refractivity contribution in [3.8, 4) is 0 Å². The fourth-order valence-corrected chi connectivity index (χ4v) is 1.87. The lowest BCUT2D eigenvalue weighted by Crippen LogP contribution is -2.46. The summed E-state index contributed by atoms with van der Waals surface area (Å²) in [5.74, 6) is -0.654. The maximum Gasteiger partial charge on any atom is 0.259 e. The van der Waals surface area contributed by atoms with Gasteiger partial charge in [-0.3, -0.25) is 9.59 Å². The molecule has 0 N–H and O–H groups in total. The Kier molecular flexibility index (Phi) is 3.07. The van der Waals surface area contributed by atoms with E-state index in [0.717, 1.165) is 14.9 Å². The number of rotatable bonds is 1. The summed E-state index contributed by atoms with van der Waals surface area (Å²) < 4.78 is 5.72. The minimum Gasteiger partial charge on any atom is -0.362 e. The normalized spacial score (nSPS) is 16.8. The number of halogens is 1. The van der Waals surface area contributed by atoms with Crippen molar-refractivity contribution >= 4 is 33.4 Å². The number of ether oxygens (including phenoxy) is 1. The van der Waals surface area contributed by atoms with Gasteiger partial charge in [-0.15, -0.1) is 0 Å². The van der Waals surface area contributed by atoms with E-state index in [1.165, 1.54) is 0 Å². The largest absolute Gasteiger partial charge is 0.362 e. The summed E-state index contributed by atoms with van der Waals surface area (Å²) in [7, 11) is 0. The van der Waals surface area contributed by atoms with E-state index in [4.69, 9.17) is 4.74 Å². The number of carbonyl (C=O) groups excluding carboxylic acids is 2. The Balaban J connectivity index is 2.38. The average molecular weight is 284 g/mol. The summed E-state index contributed by atoms with van der Waals surface area (Å²) in [5.41, 5.74) is 1.63. The van der Waals surface area contributed by atoms with E-state index in [-0.39, 0.29) is 25.0 Å².